The third kappa shape index (κ3) is 33.5. The quantitative estimate of drug-likeness (QED) is 0.0265. The van der Waals surface area contributed by atoms with Gasteiger partial charge in [-0.2, -0.15) is 0 Å². The summed E-state index contributed by atoms with van der Waals surface area (Å²) in [6.07, 6.45) is 32.6. The van der Waals surface area contributed by atoms with E-state index in [1.54, 1.807) is 6.08 Å². The molecule has 3 N–H and O–H groups in total. The molecule has 9 heteroatoms. The van der Waals surface area contributed by atoms with E-state index in [0.717, 1.165) is 38.5 Å². The number of quaternary nitrogens is 1. The van der Waals surface area contributed by atoms with E-state index in [2.05, 4.69) is 19.2 Å². The number of phosphoric ester groups is 1. The molecule has 0 saturated carbocycles. The molecule has 0 aromatic carbocycles. The maximum Gasteiger partial charge on any atom is 0.472 e. The summed E-state index contributed by atoms with van der Waals surface area (Å²) < 4.78 is 23.4. The molecule has 0 aromatic rings. The highest BCUT2D eigenvalue weighted by Gasteiger charge is 2.27. The van der Waals surface area contributed by atoms with Gasteiger partial charge in [0, 0.05) is 6.42 Å². The van der Waals surface area contributed by atoms with Crippen LogP contribution in [0, 0.1) is 0 Å². The Morgan fingerprint density at radius 1 is 0.702 bits per heavy atom. The lowest BCUT2D eigenvalue weighted by Crippen LogP contribution is -2.45. The van der Waals surface area contributed by atoms with Crippen LogP contribution in [-0.2, 0) is 18.4 Å². The maximum atomic E-state index is 12.8. The molecule has 0 saturated heterocycles. The van der Waals surface area contributed by atoms with Gasteiger partial charge in [0.2, 0.25) is 5.91 Å². The fourth-order valence-corrected chi connectivity index (χ4v) is 6.31. The van der Waals surface area contributed by atoms with Crippen LogP contribution in [0.4, 0.5) is 0 Å². The minimum atomic E-state index is -4.32. The first kappa shape index (κ1) is 46.2. The van der Waals surface area contributed by atoms with E-state index < -0.39 is 20.0 Å². The van der Waals surface area contributed by atoms with Crippen LogP contribution in [0.15, 0.2) is 12.2 Å². The van der Waals surface area contributed by atoms with Crippen LogP contribution in [0.5, 0.6) is 0 Å². The second-order valence-corrected chi connectivity index (χ2v) is 16.1. The van der Waals surface area contributed by atoms with Crippen LogP contribution in [0.25, 0.3) is 0 Å². The predicted octanol–water partition coefficient (Wildman–Crippen LogP) is 10.0. The summed E-state index contributed by atoms with van der Waals surface area (Å²) in [5, 5.41) is 13.7. The van der Waals surface area contributed by atoms with Gasteiger partial charge < -0.3 is 19.8 Å². The molecule has 0 heterocycles. The smallest absolute Gasteiger partial charge is 0.387 e. The second-order valence-electron chi connectivity index (χ2n) is 14.7. The molecule has 0 rings (SSSR count). The fraction of sp³-hybridized carbons (Fsp3) is 0.921. The number of nitrogens with zero attached hydrogens (tertiary/aromatic N) is 1. The van der Waals surface area contributed by atoms with Crippen molar-refractivity contribution in [1.82, 2.24) is 5.32 Å². The molecule has 0 aromatic heterocycles. The van der Waals surface area contributed by atoms with Crippen molar-refractivity contribution in [1.29, 1.82) is 0 Å². The third-order valence-corrected chi connectivity index (χ3v) is 9.74. The Hall–Kier alpha value is -0.760. The first-order valence-corrected chi connectivity index (χ1v) is 21.1. The zero-order chi connectivity index (χ0) is 35.1. The summed E-state index contributed by atoms with van der Waals surface area (Å²) >= 11 is 0. The Labute approximate surface area is 291 Å². The standard InChI is InChI=1S/C38H77N2O6P/c1-6-8-10-12-14-16-18-20-22-24-26-28-30-32-38(42)39-36(35-46-47(43,44)45-34-33-40(3,4)5)37(41)31-29-27-25-23-21-19-17-15-13-11-9-7-2/h29,31,36-37,41H,6-28,30,32-35H2,1-5H3,(H-,39,42,43,44)/p+1/b31-29+/t36-,37+/m0/s1. The lowest BCUT2D eigenvalue weighted by Gasteiger charge is -2.25. The zero-order valence-electron chi connectivity index (χ0n) is 31.5. The number of aliphatic hydroxyl groups excluding tert-OH is 1. The number of aliphatic hydroxyl groups is 1. The Kier molecular flexibility index (Phi) is 30.7. The molecule has 0 aliphatic heterocycles. The van der Waals surface area contributed by atoms with Crippen LogP contribution >= 0.6 is 7.82 Å². The summed E-state index contributed by atoms with van der Waals surface area (Å²) in [6.45, 7) is 4.79. The van der Waals surface area contributed by atoms with E-state index >= 15 is 0 Å². The summed E-state index contributed by atoms with van der Waals surface area (Å²) in [4.78, 5) is 23.0. The molecule has 280 valence electrons. The average Bonchev–Trinajstić information content (AvgIpc) is 3.01. The van der Waals surface area contributed by atoms with Crippen molar-refractivity contribution < 1.29 is 32.9 Å². The lowest BCUT2D eigenvalue weighted by atomic mass is 10.0. The number of nitrogens with one attached hydrogen (secondary N) is 1. The van der Waals surface area contributed by atoms with E-state index in [0.29, 0.717) is 17.4 Å². The number of hydrogen-bond acceptors (Lipinski definition) is 5. The van der Waals surface area contributed by atoms with Gasteiger partial charge >= 0.3 is 7.82 Å². The van der Waals surface area contributed by atoms with Gasteiger partial charge in [0.25, 0.3) is 0 Å². The number of carbonyl (C=O) groups is 1. The van der Waals surface area contributed by atoms with Gasteiger partial charge in [-0.25, -0.2) is 4.57 Å². The number of rotatable bonds is 35. The highest BCUT2D eigenvalue weighted by Crippen LogP contribution is 2.43. The zero-order valence-corrected chi connectivity index (χ0v) is 32.4. The average molecular weight is 690 g/mol. The van der Waals surface area contributed by atoms with Crippen LogP contribution < -0.4 is 5.32 Å². The van der Waals surface area contributed by atoms with Gasteiger partial charge in [-0.05, 0) is 19.3 Å². The molecule has 0 aliphatic rings. The van der Waals surface area contributed by atoms with Gasteiger partial charge in [-0.1, -0.05) is 161 Å². The molecule has 8 nitrogen and oxygen atoms in total. The van der Waals surface area contributed by atoms with E-state index in [1.807, 2.05) is 27.2 Å². The molecule has 1 unspecified atom stereocenters. The minimum Gasteiger partial charge on any atom is -0.387 e. The van der Waals surface area contributed by atoms with Crippen molar-refractivity contribution in [2.75, 3.05) is 40.9 Å². The first-order valence-electron chi connectivity index (χ1n) is 19.6. The number of amides is 1. The SMILES string of the molecule is CCCCCCCCCCCC/C=C/[C@@H](O)[C@H](COP(=O)(O)OCC[N+](C)(C)C)NC(=O)CCCCCCCCCCCCCCC. The second kappa shape index (κ2) is 31.2. The first-order chi connectivity index (χ1) is 22.5. The fourth-order valence-electron chi connectivity index (χ4n) is 5.57. The van der Waals surface area contributed by atoms with Crippen LogP contribution in [0.2, 0.25) is 0 Å². The number of carbonyl (C=O) groups excluding carboxylic acids is 1. The molecule has 1 amide bonds. The number of likely N-dealkylation sites (N-methyl/N-ethyl adjacent to an activating group) is 1. The minimum absolute atomic E-state index is 0.0642. The number of phosphoric acid groups is 1. The lowest BCUT2D eigenvalue weighted by molar-refractivity contribution is -0.870. The van der Waals surface area contributed by atoms with E-state index in [1.165, 1.54) is 116 Å². The normalized spacial score (nSPS) is 14.8. The summed E-state index contributed by atoms with van der Waals surface area (Å²) in [6, 6.07) is -0.837. The Bertz CT molecular complexity index is 789. The van der Waals surface area contributed by atoms with Crippen LogP contribution in [0.1, 0.15) is 174 Å². The largest absolute Gasteiger partial charge is 0.472 e. The molecular weight excluding hydrogens is 611 g/mol. The van der Waals surface area contributed by atoms with E-state index in [9.17, 15) is 19.4 Å². The van der Waals surface area contributed by atoms with Gasteiger partial charge in [0.05, 0.1) is 39.9 Å². The van der Waals surface area contributed by atoms with Crippen LogP contribution in [0.3, 0.4) is 0 Å². The number of allylic oxidation sites excluding steroid dienone is 1. The topological polar surface area (TPSA) is 105 Å². The molecule has 3 atom stereocenters. The molecule has 0 aliphatic carbocycles. The van der Waals surface area contributed by atoms with E-state index in [4.69, 9.17) is 9.05 Å². The predicted molar refractivity (Wildman–Crippen MR) is 198 cm³/mol. The maximum absolute atomic E-state index is 12.8. The molecule has 0 spiro atoms. The van der Waals surface area contributed by atoms with Crippen molar-refractivity contribution in [2.45, 2.75) is 187 Å². The van der Waals surface area contributed by atoms with Gasteiger partial charge in [-0.15, -0.1) is 0 Å². The van der Waals surface area contributed by atoms with Crippen molar-refractivity contribution in [2.24, 2.45) is 0 Å². The monoisotopic (exact) mass is 690 g/mol. The van der Waals surface area contributed by atoms with Crippen molar-refractivity contribution in [3.05, 3.63) is 12.2 Å². The van der Waals surface area contributed by atoms with Gasteiger partial charge in [0.15, 0.2) is 0 Å². The van der Waals surface area contributed by atoms with Crippen LogP contribution in [-0.4, -0.2) is 73.4 Å². The summed E-state index contributed by atoms with van der Waals surface area (Å²) in [5.74, 6) is -0.178. The summed E-state index contributed by atoms with van der Waals surface area (Å²) in [7, 11) is 1.58. The molecule has 47 heavy (non-hydrogen) atoms. The van der Waals surface area contributed by atoms with Crippen molar-refractivity contribution >= 4 is 13.7 Å². The third-order valence-electron chi connectivity index (χ3n) is 8.76. The summed E-state index contributed by atoms with van der Waals surface area (Å²) in [5.41, 5.74) is 0. The van der Waals surface area contributed by atoms with Crippen molar-refractivity contribution in [3.8, 4) is 0 Å². The Morgan fingerprint density at radius 2 is 1.13 bits per heavy atom. The molecule has 0 fully saturated rings. The van der Waals surface area contributed by atoms with Crippen molar-refractivity contribution in [3.63, 3.8) is 0 Å². The number of unbranched alkanes of at least 4 members (excludes halogenated alkanes) is 22. The Balaban J connectivity index is 4.51. The van der Waals surface area contributed by atoms with Gasteiger partial charge in [-0.3, -0.25) is 13.8 Å². The number of hydrogen-bond donors (Lipinski definition) is 3. The van der Waals surface area contributed by atoms with Gasteiger partial charge in [0.1, 0.15) is 13.2 Å². The molecular formula is C38H78N2O6P+. The Morgan fingerprint density at radius 3 is 1.57 bits per heavy atom. The molecule has 0 radical (unpaired) electrons. The highest BCUT2D eigenvalue weighted by molar-refractivity contribution is 7.47. The molecule has 0 bridgehead atoms. The highest BCUT2D eigenvalue weighted by atomic mass is 31.2. The van der Waals surface area contributed by atoms with E-state index in [-0.39, 0.29) is 19.1 Å².